The summed E-state index contributed by atoms with van der Waals surface area (Å²) in [5.74, 6) is 0.208. The maximum atomic E-state index is 12.5. The van der Waals surface area contributed by atoms with Crippen molar-refractivity contribution >= 4 is 17.5 Å². The summed E-state index contributed by atoms with van der Waals surface area (Å²) >= 11 is 6.08. The maximum absolute atomic E-state index is 12.5. The van der Waals surface area contributed by atoms with Crippen molar-refractivity contribution in [1.82, 2.24) is 4.90 Å². The minimum atomic E-state index is -0.136. The SMILES string of the molecule is CC(=O)N(CCC1(Cc2ccc(Cl)cc2)CCCCC1)[C@H]1CCOC(C)(C)C1. The molecule has 0 bridgehead atoms. The van der Waals surface area contributed by atoms with Gasteiger partial charge in [0.1, 0.15) is 0 Å². The van der Waals surface area contributed by atoms with Crippen molar-refractivity contribution in [2.24, 2.45) is 5.41 Å². The highest BCUT2D eigenvalue weighted by Gasteiger charge is 2.36. The first-order valence-corrected chi connectivity index (χ1v) is 11.3. The number of hydrogen-bond acceptors (Lipinski definition) is 2. The molecule has 1 atom stereocenters. The smallest absolute Gasteiger partial charge is 0.219 e. The Morgan fingerprint density at radius 3 is 2.46 bits per heavy atom. The lowest BCUT2D eigenvalue weighted by Gasteiger charge is -2.44. The van der Waals surface area contributed by atoms with Gasteiger partial charge >= 0.3 is 0 Å². The lowest BCUT2D eigenvalue weighted by atomic mass is 9.68. The van der Waals surface area contributed by atoms with Gasteiger partial charge in [-0.05, 0) is 75.5 Å². The van der Waals surface area contributed by atoms with Crippen LogP contribution in [0.3, 0.4) is 0 Å². The summed E-state index contributed by atoms with van der Waals surface area (Å²) in [7, 11) is 0. The number of amides is 1. The molecule has 2 aliphatic rings. The van der Waals surface area contributed by atoms with Crippen LogP contribution in [0.15, 0.2) is 24.3 Å². The quantitative estimate of drug-likeness (QED) is 0.578. The summed E-state index contributed by atoms with van der Waals surface area (Å²) in [4.78, 5) is 14.6. The minimum Gasteiger partial charge on any atom is -0.375 e. The van der Waals surface area contributed by atoms with E-state index in [1.165, 1.54) is 37.7 Å². The third-order valence-corrected chi connectivity index (χ3v) is 7.06. The zero-order chi connectivity index (χ0) is 20.2. The molecule has 28 heavy (non-hydrogen) atoms. The molecule has 0 N–H and O–H groups in total. The van der Waals surface area contributed by atoms with E-state index in [4.69, 9.17) is 16.3 Å². The second kappa shape index (κ2) is 9.17. The molecule has 0 spiro atoms. The van der Waals surface area contributed by atoms with E-state index in [1.807, 2.05) is 12.1 Å². The van der Waals surface area contributed by atoms with Crippen LogP contribution in [0.2, 0.25) is 5.02 Å². The van der Waals surface area contributed by atoms with Crippen LogP contribution in [0.4, 0.5) is 0 Å². The first kappa shape index (κ1) is 21.6. The first-order chi connectivity index (χ1) is 13.3. The van der Waals surface area contributed by atoms with Gasteiger partial charge in [0.2, 0.25) is 5.91 Å². The number of hydrogen-bond donors (Lipinski definition) is 0. The fraction of sp³-hybridized carbons (Fsp3) is 0.708. The van der Waals surface area contributed by atoms with Gasteiger partial charge in [0.25, 0.3) is 0 Å². The van der Waals surface area contributed by atoms with E-state index in [0.717, 1.165) is 43.9 Å². The molecule has 1 aromatic carbocycles. The van der Waals surface area contributed by atoms with E-state index >= 15 is 0 Å². The van der Waals surface area contributed by atoms with Crippen molar-refractivity contribution in [2.45, 2.75) is 90.2 Å². The number of ether oxygens (including phenoxy) is 1. The van der Waals surface area contributed by atoms with Crippen LogP contribution < -0.4 is 0 Å². The van der Waals surface area contributed by atoms with E-state index in [-0.39, 0.29) is 11.5 Å². The van der Waals surface area contributed by atoms with Gasteiger partial charge in [-0.3, -0.25) is 4.79 Å². The van der Waals surface area contributed by atoms with E-state index < -0.39 is 0 Å². The molecular formula is C24H36ClNO2. The molecule has 1 saturated carbocycles. The van der Waals surface area contributed by atoms with Gasteiger partial charge in [-0.25, -0.2) is 0 Å². The summed E-state index contributed by atoms with van der Waals surface area (Å²) in [6.07, 6.45) is 10.5. The second-order valence-electron chi connectivity index (χ2n) is 9.58. The van der Waals surface area contributed by atoms with Crippen LogP contribution in [-0.2, 0) is 16.0 Å². The normalized spacial score (nSPS) is 23.9. The summed E-state index contributed by atoms with van der Waals surface area (Å²) in [5.41, 5.74) is 1.54. The molecule has 1 amide bonds. The molecule has 3 rings (SSSR count). The standard InChI is InChI=1S/C24H36ClNO2/c1-19(27)26(22-11-16-28-23(2,3)18-22)15-14-24(12-5-4-6-13-24)17-20-7-9-21(25)10-8-20/h7-10,22H,4-6,11-18H2,1-3H3/t22-/m0/s1. The third-order valence-electron chi connectivity index (χ3n) is 6.81. The molecule has 3 nitrogen and oxygen atoms in total. The topological polar surface area (TPSA) is 29.5 Å². The Bertz CT molecular complexity index is 649. The number of halogens is 1. The number of nitrogens with zero attached hydrogens (tertiary/aromatic N) is 1. The Labute approximate surface area is 175 Å². The summed E-state index contributed by atoms with van der Waals surface area (Å²) in [6.45, 7) is 7.62. The van der Waals surface area contributed by atoms with Crippen molar-refractivity contribution in [2.75, 3.05) is 13.2 Å². The van der Waals surface area contributed by atoms with Crippen LogP contribution in [0, 0.1) is 5.41 Å². The Kier molecular flexibility index (Phi) is 7.09. The van der Waals surface area contributed by atoms with Gasteiger partial charge in [0.15, 0.2) is 0 Å². The molecule has 2 fully saturated rings. The lowest BCUT2D eigenvalue weighted by molar-refractivity contribution is -0.138. The molecule has 156 valence electrons. The molecule has 1 aliphatic carbocycles. The van der Waals surface area contributed by atoms with E-state index in [2.05, 4.69) is 30.9 Å². The Morgan fingerprint density at radius 1 is 1.18 bits per heavy atom. The fourth-order valence-corrected chi connectivity index (χ4v) is 5.40. The van der Waals surface area contributed by atoms with Gasteiger partial charge in [-0.2, -0.15) is 0 Å². The largest absolute Gasteiger partial charge is 0.375 e. The Morgan fingerprint density at radius 2 is 1.86 bits per heavy atom. The average Bonchev–Trinajstić information content (AvgIpc) is 2.64. The number of carbonyl (C=O) groups is 1. The van der Waals surface area contributed by atoms with Crippen molar-refractivity contribution in [3.63, 3.8) is 0 Å². The van der Waals surface area contributed by atoms with Crippen LogP contribution in [0.1, 0.15) is 77.7 Å². The summed E-state index contributed by atoms with van der Waals surface area (Å²) < 4.78 is 5.88. The van der Waals surface area contributed by atoms with Crippen molar-refractivity contribution in [3.05, 3.63) is 34.9 Å². The van der Waals surface area contributed by atoms with Crippen molar-refractivity contribution in [3.8, 4) is 0 Å². The van der Waals surface area contributed by atoms with Gasteiger partial charge < -0.3 is 9.64 Å². The molecule has 0 aromatic heterocycles. The Hall–Kier alpha value is -1.06. The van der Waals surface area contributed by atoms with Crippen LogP contribution >= 0.6 is 11.6 Å². The molecule has 1 aliphatic heterocycles. The molecule has 0 unspecified atom stereocenters. The zero-order valence-corrected chi connectivity index (χ0v) is 18.6. The monoisotopic (exact) mass is 405 g/mol. The fourth-order valence-electron chi connectivity index (χ4n) is 5.27. The van der Waals surface area contributed by atoms with Gasteiger partial charge in [0, 0.05) is 31.1 Å². The van der Waals surface area contributed by atoms with Gasteiger partial charge in [-0.15, -0.1) is 0 Å². The molecule has 0 radical (unpaired) electrons. The highest BCUT2D eigenvalue weighted by molar-refractivity contribution is 6.30. The minimum absolute atomic E-state index is 0.136. The number of benzene rings is 1. The van der Waals surface area contributed by atoms with Crippen molar-refractivity contribution < 1.29 is 9.53 Å². The van der Waals surface area contributed by atoms with Crippen LogP contribution in [-0.4, -0.2) is 35.6 Å². The molecule has 4 heteroatoms. The average molecular weight is 406 g/mol. The van der Waals surface area contributed by atoms with E-state index in [0.29, 0.717) is 11.5 Å². The van der Waals surface area contributed by atoms with Gasteiger partial charge in [-0.1, -0.05) is 43.0 Å². The first-order valence-electron chi connectivity index (χ1n) is 10.9. The molecule has 1 aromatic rings. The highest BCUT2D eigenvalue weighted by atomic mass is 35.5. The van der Waals surface area contributed by atoms with Gasteiger partial charge in [0.05, 0.1) is 5.60 Å². The van der Waals surface area contributed by atoms with Crippen LogP contribution in [0.25, 0.3) is 0 Å². The number of rotatable bonds is 6. The van der Waals surface area contributed by atoms with E-state index in [9.17, 15) is 4.79 Å². The second-order valence-corrected chi connectivity index (χ2v) is 10.0. The predicted molar refractivity (Wildman–Crippen MR) is 116 cm³/mol. The van der Waals surface area contributed by atoms with Crippen LogP contribution in [0.5, 0.6) is 0 Å². The summed E-state index contributed by atoms with van der Waals surface area (Å²) in [6, 6.07) is 8.64. The third kappa shape index (κ3) is 5.73. The maximum Gasteiger partial charge on any atom is 0.219 e. The molecule has 1 saturated heterocycles. The lowest BCUT2D eigenvalue weighted by Crippen LogP contribution is -2.49. The zero-order valence-electron chi connectivity index (χ0n) is 17.8. The highest BCUT2D eigenvalue weighted by Crippen LogP contribution is 2.43. The van der Waals surface area contributed by atoms with E-state index in [1.54, 1.807) is 6.92 Å². The van der Waals surface area contributed by atoms with Crippen molar-refractivity contribution in [1.29, 1.82) is 0 Å². The predicted octanol–water partition coefficient (Wildman–Crippen LogP) is 6.03. The summed E-state index contributed by atoms with van der Waals surface area (Å²) in [5, 5.41) is 0.798. The molecular weight excluding hydrogens is 370 g/mol. The Balaban J connectivity index is 1.70. The number of carbonyl (C=O) groups excluding carboxylic acids is 1. The molecule has 1 heterocycles.